The van der Waals surface area contributed by atoms with Crippen molar-refractivity contribution in [3.8, 4) is 0 Å². The van der Waals surface area contributed by atoms with E-state index in [4.69, 9.17) is 4.98 Å². The van der Waals surface area contributed by atoms with Crippen molar-refractivity contribution in [1.29, 1.82) is 0 Å². The van der Waals surface area contributed by atoms with Crippen LogP contribution in [0.5, 0.6) is 0 Å². The van der Waals surface area contributed by atoms with Crippen molar-refractivity contribution in [2.75, 3.05) is 5.75 Å². The Kier molecular flexibility index (Phi) is 5.23. The number of hydrogen-bond donors (Lipinski definition) is 0. The summed E-state index contributed by atoms with van der Waals surface area (Å²) in [7, 11) is 0. The molecule has 142 valence electrons. The minimum absolute atomic E-state index is 0.000740. The third-order valence-electron chi connectivity index (χ3n) is 5.35. The summed E-state index contributed by atoms with van der Waals surface area (Å²) in [5.74, 6) is 0.706. The second kappa shape index (κ2) is 7.64. The molecule has 27 heavy (non-hydrogen) atoms. The molecule has 1 aliphatic carbocycles. The maximum atomic E-state index is 13.3. The van der Waals surface area contributed by atoms with E-state index in [0.717, 1.165) is 38.7 Å². The summed E-state index contributed by atoms with van der Waals surface area (Å²) in [6, 6.07) is 5.43. The minimum Gasteiger partial charge on any atom is -0.315 e. The largest absolute Gasteiger partial charge is 0.315 e. The molecule has 0 N–H and O–H groups in total. The Morgan fingerprint density at radius 3 is 2.74 bits per heavy atom. The number of thiophene rings is 1. The highest BCUT2D eigenvalue weighted by molar-refractivity contribution is 7.99. The predicted octanol–water partition coefficient (Wildman–Crippen LogP) is 4.14. The van der Waals surface area contributed by atoms with Gasteiger partial charge in [-0.2, -0.15) is 0 Å². The lowest BCUT2D eigenvalue weighted by Crippen LogP contribution is -2.26. The molecule has 0 saturated heterocycles. The van der Waals surface area contributed by atoms with Crippen LogP contribution in [-0.4, -0.2) is 19.9 Å². The van der Waals surface area contributed by atoms with Crippen molar-refractivity contribution in [2.24, 2.45) is 0 Å². The van der Waals surface area contributed by atoms with Gasteiger partial charge in [0.05, 0.1) is 5.39 Å². The van der Waals surface area contributed by atoms with Gasteiger partial charge >= 0.3 is 0 Å². The van der Waals surface area contributed by atoms with E-state index in [2.05, 4.69) is 6.92 Å². The predicted molar refractivity (Wildman–Crippen MR) is 112 cm³/mol. The topological polar surface area (TPSA) is 56.9 Å². The number of hydrogen-bond acceptors (Lipinski definition) is 5. The molecule has 3 aromatic heterocycles. The molecule has 0 bridgehead atoms. The van der Waals surface area contributed by atoms with Gasteiger partial charge in [-0.05, 0) is 38.3 Å². The van der Waals surface area contributed by atoms with Gasteiger partial charge < -0.3 is 4.57 Å². The lowest BCUT2D eigenvalue weighted by molar-refractivity contribution is 0.458. The minimum atomic E-state index is -0.000740. The first-order chi connectivity index (χ1) is 13.1. The summed E-state index contributed by atoms with van der Waals surface area (Å²) in [6.07, 6.45) is 6.22. The van der Waals surface area contributed by atoms with E-state index in [0.29, 0.717) is 12.3 Å². The van der Waals surface area contributed by atoms with Crippen molar-refractivity contribution in [2.45, 2.75) is 57.3 Å². The molecule has 0 aliphatic heterocycles. The highest BCUT2D eigenvalue weighted by Gasteiger charge is 2.24. The molecule has 3 aromatic rings. The van der Waals surface area contributed by atoms with Gasteiger partial charge in [-0.25, -0.2) is 4.98 Å². The number of aromatic nitrogens is 3. The van der Waals surface area contributed by atoms with Gasteiger partial charge in [0.2, 0.25) is 0 Å². The van der Waals surface area contributed by atoms with Crippen molar-refractivity contribution in [3.63, 3.8) is 0 Å². The van der Waals surface area contributed by atoms with Gasteiger partial charge in [0, 0.05) is 35.5 Å². The molecule has 3 heterocycles. The summed E-state index contributed by atoms with van der Waals surface area (Å²) in [5, 5.41) is 1.58. The molecule has 0 spiro atoms. The molecule has 7 heteroatoms. The zero-order valence-electron chi connectivity index (χ0n) is 15.6. The van der Waals surface area contributed by atoms with Crippen LogP contribution in [0.2, 0.25) is 0 Å². The third-order valence-corrected chi connectivity index (χ3v) is 7.39. The smallest absolute Gasteiger partial charge is 0.263 e. The van der Waals surface area contributed by atoms with Gasteiger partial charge in [0.1, 0.15) is 4.83 Å². The van der Waals surface area contributed by atoms with Crippen molar-refractivity contribution < 1.29 is 0 Å². The lowest BCUT2D eigenvalue weighted by atomic mass is 10.2. The normalized spacial score (nSPS) is 15.0. The van der Waals surface area contributed by atoms with Crippen molar-refractivity contribution in [1.82, 2.24) is 14.1 Å². The number of rotatable bonds is 5. The van der Waals surface area contributed by atoms with Crippen LogP contribution in [0.25, 0.3) is 10.2 Å². The standard InChI is InChI=1S/C20H23N3O2S2/c1-13-14(2)27-18-17(13)19(25)23(15-7-3-4-8-15)20(21-18)26-12-11-22-10-6-5-9-16(22)24/h5-6,9-10,15H,3-4,7-8,11-12H2,1-2H3. The second-order valence-corrected chi connectivity index (χ2v) is 9.32. The molecule has 0 unspecified atom stereocenters. The van der Waals surface area contributed by atoms with E-state index >= 15 is 0 Å². The highest BCUT2D eigenvalue weighted by atomic mass is 32.2. The van der Waals surface area contributed by atoms with Gasteiger partial charge in [-0.3, -0.25) is 14.2 Å². The fourth-order valence-corrected chi connectivity index (χ4v) is 5.83. The molecular formula is C20H23N3O2S2. The fraction of sp³-hybridized carbons (Fsp3) is 0.450. The first kappa shape index (κ1) is 18.5. The maximum Gasteiger partial charge on any atom is 0.263 e. The summed E-state index contributed by atoms with van der Waals surface area (Å²) < 4.78 is 3.63. The number of pyridine rings is 1. The Labute approximate surface area is 166 Å². The lowest BCUT2D eigenvalue weighted by Gasteiger charge is -2.18. The van der Waals surface area contributed by atoms with Crippen molar-refractivity contribution in [3.05, 3.63) is 55.5 Å². The van der Waals surface area contributed by atoms with E-state index in [-0.39, 0.29) is 17.2 Å². The van der Waals surface area contributed by atoms with E-state index < -0.39 is 0 Å². The van der Waals surface area contributed by atoms with Gasteiger partial charge in [0.15, 0.2) is 5.16 Å². The van der Waals surface area contributed by atoms with Gasteiger partial charge in [-0.15, -0.1) is 11.3 Å². The van der Waals surface area contributed by atoms with E-state index in [1.165, 1.54) is 12.8 Å². The Balaban J connectivity index is 1.70. The quantitative estimate of drug-likeness (QED) is 0.476. The zero-order chi connectivity index (χ0) is 19.0. The Morgan fingerprint density at radius 1 is 1.22 bits per heavy atom. The third kappa shape index (κ3) is 3.50. The van der Waals surface area contributed by atoms with Gasteiger partial charge in [-0.1, -0.05) is 30.7 Å². The van der Waals surface area contributed by atoms with E-state index in [1.807, 2.05) is 17.6 Å². The molecule has 5 nitrogen and oxygen atoms in total. The van der Waals surface area contributed by atoms with Crippen LogP contribution >= 0.6 is 23.1 Å². The van der Waals surface area contributed by atoms with E-state index in [1.54, 1.807) is 46.0 Å². The van der Waals surface area contributed by atoms with Crippen LogP contribution in [0, 0.1) is 13.8 Å². The summed E-state index contributed by atoms with van der Waals surface area (Å²) in [6.45, 7) is 4.67. The number of nitrogens with zero attached hydrogens (tertiary/aromatic N) is 3. The number of thioether (sulfide) groups is 1. The molecule has 1 fully saturated rings. The van der Waals surface area contributed by atoms with Crippen LogP contribution in [0.15, 0.2) is 39.1 Å². The zero-order valence-corrected chi connectivity index (χ0v) is 17.2. The van der Waals surface area contributed by atoms with Crippen LogP contribution < -0.4 is 11.1 Å². The fourth-order valence-electron chi connectivity index (χ4n) is 3.75. The van der Waals surface area contributed by atoms with Crippen LogP contribution in [0.1, 0.15) is 42.2 Å². The van der Waals surface area contributed by atoms with Crippen LogP contribution in [0.3, 0.4) is 0 Å². The van der Waals surface area contributed by atoms with Crippen molar-refractivity contribution >= 4 is 33.3 Å². The van der Waals surface area contributed by atoms with E-state index in [9.17, 15) is 9.59 Å². The van der Waals surface area contributed by atoms with Gasteiger partial charge in [0.25, 0.3) is 11.1 Å². The second-order valence-electron chi connectivity index (χ2n) is 7.05. The molecular weight excluding hydrogens is 378 g/mol. The number of fused-ring (bicyclic) bond motifs is 1. The van der Waals surface area contributed by atoms with Crippen LogP contribution in [-0.2, 0) is 6.54 Å². The molecule has 1 saturated carbocycles. The summed E-state index contributed by atoms with van der Waals surface area (Å²) >= 11 is 3.18. The summed E-state index contributed by atoms with van der Waals surface area (Å²) in [4.78, 5) is 32.1. The Hall–Kier alpha value is -1.86. The summed E-state index contributed by atoms with van der Waals surface area (Å²) in [5.41, 5.74) is 1.17. The van der Waals surface area contributed by atoms with Crippen LogP contribution in [0.4, 0.5) is 0 Å². The molecule has 0 amide bonds. The Bertz CT molecular complexity index is 1090. The number of aryl methyl sites for hydroxylation is 3. The average Bonchev–Trinajstić information content (AvgIpc) is 3.26. The monoisotopic (exact) mass is 401 g/mol. The average molecular weight is 402 g/mol. The molecule has 4 rings (SSSR count). The first-order valence-electron chi connectivity index (χ1n) is 9.37. The highest BCUT2D eigenvalue weighted by Crippen LogP contribution is 2.34. The molecule has 0 radical (unpaired) electrons. The molecule has 0 aromatic carbocycles. The maximum absolute atomic E-state index is 13.3. The first-order valence-corrected chi connectivity index (χ1v) is 11.2. The SMILES string of the molecule is Cc1sc2nc(SCCn3ccccc3=O)n(C3CCCC3)c(=O)c2c1C. The Morgan fingerprint density at radius 2 is 2.00 bits per heavy atom. The molecule has 0 atom stereocenters. The molecule has 1 aliphatic rings.